The second kappa shape index (κ2) is 6.95. The summed E-state index contributed by atoms with van der Waals surface area (Å²) in [5, 5.41) is -0.239. The van der Waals surface area contributed by atoms with E-state index in [-0.39, 0.29) is 21.2 Å². The molecule has 1 aromatic carbocycles. The second-order valence-corrected chi connectivity index (χ2v) is 10.9. The van der Waals surface area contributed by atoms with E-state index in [1.807, 2.05) is 0 Å². The minimum atomic E-state index is -4.20. The number of ether oxygens (including phenoxy) is 1. The molecule has 4 fully saturated rings. The van der Waals surface area contributed by atoms with Crippen molar-refractivity contribution in [3.8, 4) is 5.75 Å². The molecule has 2 atom stereocenters. The van der Waals surface area contributed by atoms with Gasteiger partial charge in [0.15, 0.2) is 5.03 Å². The highest BCUT2D eigenvalue weighted by atomic mass is 35.5. The van der Waals surface area contributed by atoms with Crippen LogP contribution in [0.2, 0.25) is 5.02 Å². The number of hydrogen-bond acceptors (Lipinski definition) is 5. The van der Waals surface area contributed by atoms with Crippen LogP contribution in [-0.2, 0) is 10.0 Å². The van der Waals surface area contributed by atoms with E-state index in [1.54, 1.807) is 4.72 Å². The Morgan fingerprint density at radius 3 is 2.70 bits per heavy atom. The molecule has 160 valence electrons. The molecule has 1 aromatic heterocycles. The fourth-order valence-electron chi connectivity index (χ4n) is 5.86. The number of carbonyl (C=O) groups excluding carboxylic acids is 1. The predicted octanol–water partition coefficient (Wildman–Crippen LogP) is 3.53. The van der Waals surface area contributed by atoms with Crippen LogP contribution in [0.25, 0.3) is 0 Å². The molecule has 2 aromatic rings. The molecule has 10 heteroatoms. The molecule has 1 heterocycles. The third-order valence-electron chi connectivity index (χ3n) is 6.93. The van der Waals surface area contributed by atoms with Gasteiger partial charge in [-0.05, 0) is 55.9 Å². The van der Waals surface area contributed by atoms with Crippen molar-refractivity contribution in [2.24, 2.45) is 23.2 Å². The molecule has 4 saturated carbocycles. The molecule has 4 aliphatic rings. The van der Waals surface area contributed by atoms with Gasteiger partial charge in [0.1, 0.15) is 11.6 Å². The average molecular weight is 454 g/mol. The van der Waals surface area contributed by atoms with Crippen molar-refractivity contribution in [3.63, 3.8) is 0 Å². The lowest BCUT2D eigenvalue weighted by Gasteiger charge is -2.32. The molecule has 0 radical (unpaired) electrons. The molecular formula is C20H21ClFN3O4S. The van der Waals surface area contributed by atoms with Gasteiger partial charge < -0.3 is 9.72 Å². The first-order valence-corrected chi connectivity index (χ1v) is 11.8. The standard InChI is InChI=1S/C20H21ClFN3O4S/c21-15-4-14(19(26)25-30(27,28)18-8-23-10-24-18)16(22)5-17(15)29-9-20-6-11-1-12(7-20)3-13(20)2-11/h4-5,8,10-13H,1-3,6-7,9H2,(H,23,24)(H,25,26). The Kier molecular flexibility index (Phi) is 4.59. The highest BCUT2D eigenvalue weighted by molar-refractivity contribution is 7.90. The molecule has 30 heavy (non-hydrogen) atoms. The van der Waals surface area contributed by atoms with Crippen LogP contribution in [0.4, 0.5) is 4.39 Å². The minimum absolute atomic E-state index is 0.0644. The van der Waals surface area contributed by atoms with Gasteiger partial charge in [0.25, 0.3) is 15.9 Å². The van der Waals surface area contributed by atoms with E-state index < -0.39 is 27.3 Å². The van der Waals surface area contributed by atoms with Crippen molar-refractivity contribution in [1.29, 1.82) is 0 Å². The van der Waals surface area contributed by atoms with Crippen molar-refractivity contribution in [1.82, 2.24) is 14.7 Å². The number of halogens is 2. The van der Waals surface area contributed by atoms with Crippen LogP contribution < -0.4 is 9.46 Å². The van der Waals surface area contributed by atoms with Gasteiger partial charge in [0, 0.05) is 11.5 Å². The Hall–Kier alpha value is -2.13. The van der Waals surface area contributed by atoms with Gasteiger partial charge in [-0.25, -0.2) is 14.1 Å². The summed E-state index contributed by atoms with van der Waals surface area (Å²) < 4.78 is 46.6. The van der Waals surface area contributed by atoms with E-state index in [0.717, 1.165) is 49.3 Å². The molecular weight excluding hydrogens is 433 g/mol. The van der Waals surface area contributed by atoms with Gasteiger partial charge in [-0.15, -0.1) is 0 Å². The predicted molar refractivity (Wildman–Crippen MR) is 106 cm³/mol. The third kappa shape index (κ3) is 3.28. The number of aromatic nitrogens is 2. The average Bonchev–Trinajstić information content (AvgIpc) is 3.35. The van der Waals surface area contributed by atoms with Gasteiger partial charge >= 0.3 is 0 Å². The number of nitrogens with one attached hydrogen (secondary N) is 2. The summed E-state index contributed by atoms with van der Waals surface area (Å²) in [4.78, 5) is 18.3. The molecule has 0 aliphatic heterocycles. The van der Waals surface area contributed by atoms with Gasteiger partial charge in [0.05, 0.1) is 29.7 Å². The summed E-state index contributed by atoms with van der Waals surface area (Å²) in [7, 11) is -4.20. The highest BCUT2D eigenvalue weighted by Crippen LogP contribution is 2.65. The zero-order chi connectivity index (χ0) is 21.1. The van der Waals surface area contributed by atoms with E-state index in [2.05, 4.69) is 9.97 Å². The van der Waals surface area contributed by atoms with Crippen molar-refractivity contribution < 1.29 is 22.3 Å². The van der Waals surface area contributed by atoms with Crippen LogP contribution in [0.1, 0.15) is 42.5 Å². The summed E-state index contributed by atoms with van der Waals surface area (Å²) in [5.74, 6) is 0.370. The normalized spacial score (nSPS) is 29.3. The lowest BCUT2D eigenvalue weighted by Crippen LogP contribution is -2.31. The zero-order valence-corrected chi connectivity index (χ0v) is 17.6. The zero-order valence-electron chi connectivity index (χ0n) is 16.0. The van der Waals surface area contributed by atoms with Crippen LogP contribution in [0.5, 0.6) is 5.75 Å². The maximum atomic E-state index is 14.6. The number of benzene rings is 1. The topological polar surface area (TPSA) is 101 Å². The van der Waals surface area contributed by atoms with Gasteiger partial charge in [0.2, 0.25) is 0 Å². The van der Waals surface area contributed by atoms with Crippen LogP contribution >= 0.6 is 11.6 Å². The maximum Gasteiger partial charge on any atom is 0.281 e. The van der Waals surface area contributed by atoms with Crippen molar-refractivity contribution in [2.45, 2.75) is 37.1 Å². The fourth-order valence-corrected chi connectivity index (χ4v) is 6.95. The summed E-state index contributed by atoms with van der Waals surface area (Å²) >= 11 is 6.24. The number of rotatable bonds is 6. The third-order valence-corrected chi connectivity index (χ3v) is 8.48. The number of aromatic amines is 1. The van der Waals surface area contributed by atoms with Crippen molar-refractivity contribution >= 4 is 27.5 Å². The van der Waals surface area contributed by atoms with Crippen molar-refractivity contribution in [2.75, 3.05) is 6.61 Å². The number of sulfonamides is 1. The Morgan fingerprint density at radius 2 is 2.03 bits per heavy atom. The first-order chi connectivity index (χ1) is 14.3. The second-order valence-electron chi connectivity index (χ2n) is 8.81. The van der Waals surface area contributed by atoms with E-state index in [0.29, 0.717) is 12.5 Å². The molecule has 2 N–H and O–H groups in total. The number of nitrogens with zero attached hydrogens (tertiary/aromatic N) is 1. The number of carbonyl (C=O) groups is 1. The van der Waals surface area contributed by atoms with Gasteiger partial charge in [-0.3, -0.25) is 4.79 Å². The number of H-pyrrole nitrogens is 1. The summed E-state index contributed by atoms with van der Waals surface area (Å²) in [6.07, 6.45) is 8.33. The van der Waals surface area contributed by atoms with Gasteiger partial charge in [-0.1, -0.05) is 11.6 Å². The van der Waals surface area contributed by atoms with Crippen LogP contribution in [0.15, 0.2) is 29.7 Å². The lowest BCUT2D eigenvalue weighted by atomic mass is 9.76. The summed E-state index contributed by atoms with van der Waals surface area (Å²) in [5.41, 5.74) is -0.323. The first kappa shape index (κ1) is 19.8. The van der Waals surface area contributed by atoms with Crippen molar-refractivity contribution in [3.05, 3.63) is 41.1 Å². The molecule has 0 spiro atoms. The van der Waals surface area contributed by atoms with Crippen LogP contribution in [0.3, 0.4) is 0 Å². The fraction of sp³-hybridized carbons (Fsp3) is 0.500. The molecule has 1 amide bonds. The largest absolute Gasteiger partial charge is 0.491 e. The molecule has 0 saturated heterocycles. The summed E-state index contributed by atoms with van der Waals surface area (Å²) in [6.45, 7) is 0.490. The Labute approximate surface area is 178 Å². The first-order valence-electron chi connectivity index (χ1n) is 9.93. The monoisotopic (exact) mass is 453 g/mol. The molecule has 4 aliphatic carbocycles. The highest BCUT2D eigenvalue weighted by Gasteiger charge is 2.58. The Bertz CT molecular complexity index is 1090. The molecule has 6 rings (SSSR count). The van der Waals surface area contributed by atoms with Gasteiger partial charge in [-0.2, -0.15) is 8.42 Å². The molecule has 4 bridgehead atoms. The Balaban J connectivity index is 1.31. The van der Waals surface area contributed by atoms with Crippen LogP contribution in [0, 0.1) is 29.0 Å². The minimum Gasteiger partial charge on any atom is -0.491 e. The smallest absolute Gasteiger partial charge is 0.281 e. The number of imidazole rings is 1. The molecule has 2 unspecified atom stereocenters. The number of hydrogen-bond donors (Lipinski definition) is 2. The lowest BCUT2D eigenvalue weighted by molar-refractivity contribution is 0.0975. The van der Waals surface area contributed by atoms with Crippen LogP contribution in [-0.4, -0.2) is 30.9 Å². The number of amides is 1. The van der Waals surface area contributed by atoms with E-state index in [4.69, 9.17) is 16.3 Å². The Morgan fingerprint density at radius 1 is 1.30 bits per heavy atom. The van der Waals surface area contributed by atoms with E-state index in [1.165, 1.54) is 19.3 Å². The quantitative estimate of drug-likeness (QED) is 0.696. The SMILES string of the molecule is O=C(NS(=O)(=O)c1cnc[nH]1)c1cc(Cl)c(OCC23CC4CC(CC2C4)C3)cc1F. The molecule has 7 nitrogen and oxygen atoms in total. The summed E-state index contributed by atoms with van der Waals surface area (Å²) in [6, 6.07) is 2.15. The maximum absolute atomic E-state index is 14.6. The van der Waals surface area contributed by atoms with E-state index in [9.17, 15) is 17.6 Å². The van der Waals surface area contributed by atoms with E-state index >= 15 is 0 Å².